The molecular weight excluding hydrogens is 384 g/mol. The number of ether oxygens (including phenoxy) is 1. The van der Waals surface area contributed by atoms with Gasteiger partial charge in [0.25, 0.3) is 0 Å². The van der Waals surface area contributed by atoms with Gasteiger partial charge in [-0.05, 0) is 71.9 Å². The van der Waals surface area contributed by atoms with E-state index >= 15 is 0 Å². The number of nitrogens with zero attached hydrogens (tertiary/aromatic N) is 2. The number of hydrogen-bond donors (Lipinski definition) is 0. The molecule has 1 aromatic rings. The highest BCUT2D eigenvalue weighted by Crippen LogP contribution is 2.45. The minimum atomic E-state index is -0.202. The van der Waals surface area contributed by atoms with Gasteiger partial charge in [0, 0.05) is 36.2 Å². The van der Waals surface area contributed by atoms with E-state index in [0.29, 0.717) is 11.8 Å². The monoisotopic (exact) mass is 426 g/mol. The summed E-state index contributed by atoms with van der Waals surface area (Å²) in [6.07, 6.45) is 7.37. The Labute approximate surface area is 189 Å². The molecule has 31 heavy (non-hydrogen) atoms. The van der Waals surface area contributed by atoms with E-state index < -0.39 is 0 Å². The molecule has 0 N–H and O–H groups in total. The average molecular weight is 427 g/mol. The maximum absolute atomic E-state index is 13.0. The highest BCUT2D eigenvalue weighted by molar-refractivity contribution is 5.88. The number of benzene rings is 1. The Balaban J connectivity index is 1.89. The Bertz CT molecular complexity index is 748. The van der Waals surface area contributed by atoms with Crippen molar-refractivity contribution in [2.45, 2.75) is 104 Å². The van der Waals surface area contributed by atoms with Gasteiger partial charge in [-0.3, -0.25) is 9.69 Å². The third-order valence-corrected chi connectivity index (χ3v) is 7.29. The lowest BCUT2D eigenvalue weighted by Crippen LogP contribution is -2.63. The van der Waals surface area contributed by atoms with Crippen molar-refractivity contribution in [3.05, 3.63) is 48.0 Å². The van der Waals surface area contributed by atoms with Crippen LogP contribution in [0.1, 0.15) is 73.3 Å². The Morgan fingerprint density at radius 2 is 1.81 bits per heavy atom. The molecule has 2 fully saturated rings. The molecule has 0 aromatic heterocycles. The summed E-state index contributed by atoms with van der Waals surface area (Å²) in [7, 11) is 0. The van der Waals surface area contributed by atoms with Crippen LogP contribution in [0.3, 0.4) is 0 Å². The summed E-state index contributed by atoms with van der Waals surface area (Å²) in [5.74, 6) is 1.27. The molecule has 1 aromatic carbocycles. The zero-order valence-corrected chi connectivity index (χ0v) is 20.5. The van der Waals surface area contributed by atoms with Crippen LogP contribution < -0.4 is 0 Å². The van der Waals surface area contributed by atoms with Gasteiger partial charge in [0.2, 0.25) is 5.91 Å². The predicted octanol–water partition coefficient (Wildman–Crippen LogP) is 5.63. The van der Waals surface area contributed by atoms with Crippen molar-refractivity contribution >= 4 is 5.91 Å². The molecular formula is C27H42N2O2. The molecule has 1 heterocycles. The van der Waals surface area contributed by atoms with E-state index in [1.54, 1.807) is 6.08 Å². The molecule has 1 amide bonds. The van der Waals surface area contributed by atoms with Gasteiger partial charge in [0.05, 0.1) is 6.10 Å². The molecule has 172 valence electrons. The molecule has 1 aliphatic carbocycles. The van der Waals surface area contributed by atoms with Crippen molar-refractivity contribution in [3.63, 3.8) is 0 Å². The summed E-state index contributed by atoms with van der Waals surface area (Å²) in [6, 6.07) is 10.9. The highest BCUT2D eigenvalue weighted by Gasteiger charge is 2.49. The highest BCUT2D eigenvalue weighted by atomic mass is 16.5. The molecule has 3 rings (SSSR count). The van der Waals surface area contributed by atoms with Crippen molar-refractivity contribution in [2.75, 3.05) is 0 Å². The van der Waals surface area contributed by atoms with E-state index in [1.165, 1.54) is 18.4 Å². The standard InChI is InChI=1S/C27H42N2O2/c1-19(2)29(20(3)4)25(30)15-16-26-28(18-22-11-9-8-10-12-22)27(6,7)23-14-13-21(5)17-24(23)31-26/h8-12,15-16,19-21,23-24,26H,13-14,17-18H2,1-7H3/b16-15+/t21-,23-,24-,26+/m1/s1. The second kappa shape index (κ2) is 9.87. The van der Waals surface area contributed by atoms with Gasteiger partial charge in [-0.2, -0.15) is 0 Å². The van der Waals surface area contributed by atoms with Crippen molar-refractivity contribution in [3.8, 4) is 0 Å². The maximum atomic E-state index is 13.0. The number of amides is 1. The lowest BCUT2D eigenvalue weighted by Gasteiger charge is -2.57. The van der Waals surface area contributed by atoms with Crippen LogP contribution in [-0.4, -0.2) is 45.7 Å². The zero-order chi connectivity index (χ0) is 22.8. The van der Waals surface area contributed by atoms with E-state index in [1.807, 2.05) is 11.0 Å². The Hall–Kier alpha value is -1.65. The molecule has 1 aliphatic heterocycles. The van der Waals surface area contributed by atoms with Gasteiger partial charge in [-0.25, -0.2) is 0 Å². The number of fused-ring (bicyclic) bond motifs is 1. The Kier molecular flexibility index (Phi) is 7.64. The van der Waals surface area contributed by atoms with Crippen LogP contribution in [0, 0.1) is 11.8 Å². The van der Waals surface area contributed by atoms with Gasteiger partial charge in [-0.15, -0.1) is 0 Å². The lowest BCUT2D eigenvalue weighted by molar-refractivity contribution is -0.219. The fourth-order valence-corrected chi connectivity index (χ4v) is 5.66. The fraction of sp³-hybridized carbons (Fsp3) is 0.667. The molecule has 2 aliphatic rings. The first-order valence-corrected chi connectivity index (χ1v) is 12.1. The number of carbonyl (C=O) groups is 1. The van der Waals surface area contributed by atoms with Crippen LogP contribution in [-0.2, 0) is 16.1 Å². The molecule has 1 saturated heterocycles. The summed E-state index contributed by atoms with van der Waals surface area (Å²) in [5.41, 5.74) is 1.27. The van der Waals surface area contributed by atoms with Gasteiger partial charge in [-0.1, -0.05) is 43.7 Å². The quantitative estimate of drug-likeness (QED) is 0.553. The molecule has 4 nitrogen and oxygen atoms in total. The second-order valence-corrected chi connectivity index (χ2v) is 10.6. The van der Waals surface area contributed by atoms with E-state index in [-0.39, 0.29) is 35.9 Å². The lowest BCUT2D eigenvalue weighted by atomic mass is 9.69. The molecule has 0 bridgehead atoms. The average Bonchev–Trinajstić information content (AvgIpc) is 2.68. The van der Waals surface area contributed by atoms with Gasteiger partial charge < -0.3 is 9.64 Å². The minimum absolute atomic E-state index is 0.00721. The van der Waals surface area contributed by atoms with Gasteiger partial charge in [0.1, 0.15) is 6.23 Å². The van der Waals surface area contributed by atoms with Gasteiger partial charge >= 0.3 is 0 Å². The smallest absolute Gasteiger partial charge is 0.246 e. The number of hydrogen-bond acceptors (Lipinski definition) is 3. The Morgan fingerprint density at radius 1 is 1.16 bits per heavy atom. The number of carbonyl (C=O) groups excluding carboxylic acids is 1. The topological polar surface area (TPSA) is 32.8 Å². The molecule has 4 heteroatoms. The van der Waals surface area contributed by atoms with E-state index in [0.717, 1.165) is 13.0 Å². The van der Waals surface area contributed by atoms with Crippen LogP contribution in [0.25, 0.3) is 0 Å². The van der Waals surface area contributed by atoms with Crippen LogP contribution in [0.15, 0.2) is 42.5 Å². The molecule has 1 saturated carbocycles. The third-order valence-electron chi connectivity index (χ3n) is 7.29. The van der Waals surface area contributed by atoms with Crippen molar-refractivity contribution in [2.24, 2.45) is 11.8 Å². The first kappa shape index (κ1) is 24.0. The molecule has 4 atom stereocenters. The third kappa shape index (κ3) is 5.40. The molecule has 0 unspecified atom stereocenters. The second-order valence-electron chi connectivity index (χ2n) is 10.6. The fourth-order valence-electron chi connectivity index (χ4n) is 5.66. The predicted molar refractivity (Wildman–Crippen MR) is 127 cm³/mol. The van der Waals surface area contributed by atoms with Crippen molar-refractivity contribution in [1.82, 2.24) is 9.80 Å². The van der Waals surface area contributed by atoms with Crippen molar-refractivity contribution in [1.29, 1.82) is 0 Å². The first-order valence-electron chi connectivity index (χ1n) is 12.1. The summed E-state index contributed by atoms with van der Waals surface area (Å²) in [4.78, 5) is 17.4. The maximum Gasteiger partial charge on any atom is 0.246 e. The summed E-state index contributed by atoms with van der Waals surface area (Å²) < 4.78 is 6.70. The Morgan fingerprint density at radius 3 is 2.42 bits per heavy atom. The van der Waals surface area contributed by atoms with Crippen molar-refractivity contribution < 1.29 is 9.53 Å². The van der Waals surface area contributed by atoms with Crippen LogP contribution >= 0.6 is 0 Å². The zero-order valence-electron chi connectivity index (χ0n) is 20.5. The van der Waals surface area contributed by atoms with E-state index in [2.05, 4.69) is 83.7 Å². The van der Waals surface area contributed by atoms with E-state index in [4.69, 9.17) is 4.74 Å². The largest absolute Gasteiger partial charge is 0.356 e. The molecule has 0 radical (unpaired) electrons. The molecule has 0 spiro atoms. The van der Waals surface area contributed by atoms with Crippen LogP contribution in [0.2, 0.25) is 0 Å². The minimum Gasteiger partial charge on any atom is -0.356 e. The van der Waals surface area contributed by atoms with Gasteiger partial charge in [0.15, 0.2) is 0 Å². The summed E-state index contributed by atoms with van der Waals surface area (Å²) >= 11 is 0. The number of rotatable bonds is 6. The SMILES string of the molecule is CC(C)N(C(=O)/C=C/[C@@H]1O[C@@H]2C[C@H](C)CC[C@H]2C(C)(C)N1Cc1ccccc1)C(C)C. The summed E-state index contributed by atoms with van der Waals surface area (Å²) in [6.45, 7) is 16.2. The normalized spacial score (nSPS) is 28.8. The summed E-state index contributed by atoms with van der Waals surface area (Å²) in [5, 5.41) is 0. The van der Waals surface area contributed by atoms with E-state index in [9.17, 15) is 4.79 Å². The van der Waals surface area contributed by atoms with Crippen LogP contribution in [0.4, 0.5) is 0 Å². The van der Waals surface area contributed by atoms with Crippen LogP contribution in [0.5, 0.6) is 0 Å². The first-order chi connectivity index (χ1) is 14.6.